The fourth-order valence-corrected chi connectivity index (χ4v) is 1.65. The van der Waals surface area contributed by atoms with Gasteiger partial charge in [-0.25, -0.2) is 0 Å². The topological polar surface area (TPSA) is 53.0 Å². The number of carbonyl (C=O) groups is 1. The molecule has 0 atom stereocenters. The van der Waals surface area contributed by atoms with Crippen molar-refractivity contribution >= 4 is 11.7 Å². The molecule has 0 spiro atoms. The molecule has 1 rings (SSSR count). The lowest BCUT2D eigenvalue weighted by molar-refractivity contribution is -0.124. The zero-order valence-electron chi connectivity index (χ0n) is 7.52. The number of hydrogen-bond acceptors (Lipinski definition) is 2. The van der Waals surface area contributed by atoms with Crippen molar-refractivity contribution in [1.29, 1.82) is 5.41 Å². The second-order valence-electron chi connectivity index (χ2n) is 3.45. The van der Waals surface area contributed by atoms with E-state index in [9.17, 15) is 4.79 Å². The Balaban J connectivity index is 2.34. The summed E-state index contributed by atoms with van der Waals surface area (Å²) in [7, 11) is 0. The smallest absolute Gasteiger partial charge is 0.228 e. The van der Waals surface area contributed by atoms with Gasteiger partial charge in [0.05, 0.1) is 5.84 Å². The van der Waals surface area contributed by atoms with Gasteiger partial charge < -0.3 is 5.32 Å². The van der Waals surface area contributed by atoms with E-state index in [0.717, 1.165) is 25.7 Å². The van der Waals surface area contributed by atoms with Crippen molar-refractivity contribution in [2.75, 3.05) is 0 Å². The van der Waals surface area contributed by atoms with Crippen LogP contribution in [0, 0.1) is 11.3 Å². The number of carbonyl (C=O) groups excluding carboxylic acids is 1. The highest BCUT2D eigenvalue weighted by Crippen LogP contribution is 2.23. The molecule has 0 unspecified atom stereocenters. The first-order valence-electron chi connectivity index (χ1n) is 4.56. The molecule has 1 saturated carbocycles. The van der Waals surface area contributed by atoms with Crippen LogP contribution in [0.5, 0.6) is 0 Å². The number of amidine groups is 1. The molecule has 3 nitrogen and oxygen atoms in total. The van der Waals surface area contributed by atoms with Crippen molar-refractivity contribution in [2.24, 2.45) is 5.92 Å². The summed E-state index contributed by atoms with van der Waals surface area (Å²) in [5.74, 6) is 0.465. The standard InChI is InChI=1S/C9H16N2O/c1-7(10)11-9(12)8-5-3-2-4-6-8/h8H,2-6H2,1H3,(H2,10,11,12). The third kappa shape index (κ3) is 2.64. The van der Waals surface area contributed by atoms with Crippen LogP contribution >= 0.6 is 0 Å². The van der Waals surface area contributed by atoms with Crippen molar-refractivity contribution in [1.82, 2.24) is 5.32 Å². The molecular weight excluding hydrogens is 152 g/mol. The SMILES string of the molecule is CC(=N)NC(=O)C1CCCCC1. The number of rotatable bonds is 1. The van der Waals surface area contributed by atoms with E-state index in [2.05, 4.69) is 5.32 Å². The van der Waals surface area contributed by atoms with E-state index < -0.39 is 0 Å². The highest BCUT2D eigenvalue weighted by Gasteiger charge is 2.20. The molecule has 0 saturated heterocycles. The first-order chi connectivity index (χ1) is 5.70. The van der Waals surface area contributed by atoms with E-state index in [1.54, 1.807) is 6.92 Å². The molecule has 68 valence electrons. The molecule has 0 aliphatic heterocycles. The first kappa shape index (κ1) is 9.23. The Morgan fingerprint density at radius 1 is 1.33 bits per heavy atom. The largest absolute Gasteiger partial charge is 0.315 e. The molecule has 0 heterocycles. The van der Waals surface area contributed by atoms with Crippen LogP contribution in [0.3, 0.4) is 0 Å². The summed E-state index contributed by atoms with van der Waals surface area (Å²) in [4.78, 5) is 11.4. The summed E-state index contributed by atoms with van der Waals surface area (Å²) in [5, 5.41) is 9.67. The van der Waals surface area contributed by atoms with Crippen LogP contribution in [-0.2, 0) is 4.79 Å². The number of hydrogen-bond donors (Lipinski definition) is 2. The van der Waals surface area contributed by atoms with E-state index in [1.165, 1.54) is 6.42 Å². The Labute approximate surface area is 73.0 Å². The Bertz CT molecular complexity index is 183. The predicted octanol–water partition coefficient (Wildman–Crippen LogP) is 1.68. The Morgan fingerprint density at radius 2 is 1.92 bits per heavy atom. The highest BCUT2D eigenvalue weighted by atomic mass is 16.1. The molecule has 0 aromatic rings. The van der Waals surface area contributed by atoms with Crippen LogP contribution in [0.2, 0.25) is 0 Å². The summed E-state index contributed by atoms with van der Waals surface area (Å²) < 4.78 is 0. The van der Waals surface area contributed by atoms with Crippen LogP contribution in [0.1, 0.15) is 39.0 Å². The molecule has 1 amide bonds. The van der Waals surface area contributed by atoms with Gasteiger partial charge in [0.1, 0.15) is 0 Å². The molecule has 1 aliphatic rings. The Kier molecular flexibility index (Phi) is 3.26. The monoisotopic (exact) mass is 168 g/mol. The van der Waals surface area contributed by atoms with Crippen LogP contribution < -0.4 is 5.32 Å². The van der Waals surface area contributed by atoms with E-state index in [1.807, 2.05) is 0 Å². The van der Waals surface area contributed by atoms with E-state index >= 15 is 0 Å². The minimum Gasteiger partial charge on any atom is -0.315 e. The van der Waals surface area contributed by atoms with E-state index in [-0.39, 0.29) is 17.7 Å². The molecule has 1 fully saturated rings. The van der Waals surface area contributed by atoms with Gasteiger partial charge in [0.15, 0.2) is 0 Å². The van der Waals surface area contributed by atoms with E-state index in [4.69, 9.17) is 5.41 Å². The lowest BCUT2D eigenvalue weighted by Gasteiger charge is -2.20. The maximum atomic E-state index is 11.4. The van der Waals surface area contributed by atoms with Gasteiger partial charge in [-0.1, -0.05) is 19.3 Å². The van der Waals surface area contributed by atoms with E-state index in [0.29, 0.717) is 0 Å². The average Bonchev–Trinajstić information content (AvgIpc) is 2.05. The van der Waals surface area contributed by atoms with Gasteiger partial charge in [-0.15, -0.1) is 0 Å². The predicted molar refractivity (Wildman–Crippen MR) is 48.1 cm³/mol. The average molecular weight is 168 g/mol. The second-order valence-corrected chi connectivity index (χ2v) is 3.45. The minimum absolute atomic E-state index is 0.0437. The molecule has 3 heteroatoms. The van der Waals surface area contributed by atoms with Crippen LogP contribution in [-0.4, -0.2) is 11.7 Å². The summed E-state index contributed by atoms with van der Waals surface area (Å²) in [6, 6.07) is 0. The zero-order valence-corrected chi connectivity index (χ0v) is 7.52. The molecular formula is C9H16N2O. The number of amides is 1. The molecule has 0 bridgehead atoms. The summed E-state index contributed by atoms with van der Waals surface area (Å²) in [6.07, 6.45) is 5.58. The van der Waals surface area contributed by atoms with Gasteiger partial charge >= 0.3 is 0 Å². The summed E-state index contributed by atoms with van der Waals surface area (Å²) in [6.45, 7) is 1.60. The third-order valence-corrected chi connectivity index (χ3v) is 2.29. The van der Waals surface area contributed by atoms with Crippen LogP contribution in [0.15, 0.2) is 0 Å². The normalized spacial score (nSPS) is 18.8. The van der Waals surface area contributed by atoms with Gasteiger partial charge in [0.2, 0.25) is 5.91 Å². The van der Waals surface area contributed by atoms with Crippen LogP contribution in [0.25, 0.3) is 0 Å². The fourth-order valence-electron chi connectivity index (χ4n) is 1.65. The number of nitrogens with one attached hydrogen (secondary N) is 2. The quantitative estimate of drug-likeness (QED) is 0.454. The lowest BCUT2D eigenvalue weighted by atomic mass is 9.89. The van der Waals surface area contributed by atoms with Gasteiger partial charge in [-0.05, 0) is 19.8 Å². The maximum absolute atomic E-state index is 11.4. The summed E-state index contributed by atoms with van der Waals surface area (Å²) >= 11 is 0. The molecule has 2 N–H and O–H groups in total. The van der Waals surface area contributed by atoms with Crippen molar-refractivity contribution < 1.29 is 4.79 Å². The second kappa shape index (κ2) is 4.24. The zero-order chi connectivity index (χ0) is 8.97. The van der Waals surface area contributed by atoms with Crippen molar-refractivity contribution in [3.05, 3.63) is 0 Å². The van der Waals surface area contributed by atoms with Gasteiger partial charge in [0.25, 0.3) is 0 Å². The highest BCUT2D eigenvalue weighted by molar-refractivity contribution is 5.96. The Morgan fingerprint density at radius 3 is 2.42 bits per heavy atom. The molecule has 0 aromatic heterocycles. The molecule has 12 heavy (non-hydrogen) atoms. The third-order valence-electron chi connectivity index (χ3n) is 2.29. The van der Waals surface area contributed by atoms with Crippen molar-refractivity contribution in [3.63, 3.8) is 0 Å². The van der Waals surface area contributed by atoms with Gasteiger partial charge in [0, 0.05) is 5.92 Å². The van der Waals surface area contributed by atoms with Crippen molar-refractivity contribution in [3.8, 4) is 0 Å². The summed E-state index contributed by atoms with van der Waals surface area (Å²) in [5.41, 5.74) is 0. The Hall–Kier alpha value is -0.860. The molecule has 0 aromatic carbocycles. The van der Waals surface area contributed by atoms with Crippen LogP contribution in [0.4, 0.5) is 0 Å². The molecule has 1 aliphatic carbocycles. The maximum Gasteiger partial charge on any atom is 0.228 e. The van der Waals surface area contributed by atoms with Gasteiger partial charge in [-0.2, -0.15) is 0 Å². The lowest BCUT2D eigenvalue weighted by Crippen LogP contribution is -2.34. The molecule has 0 radical (unpaired) electrons. The first-order valence-corrected chi connectivity index (χ1v) is 4.56. The fraction of sp³-hybridized carbons (Fsp3) is 0.778. The van der Waals surface area contributed by atoms with Gasteiger partial charge in [-0.3, -0.25) is 10.2 Å². The minimum atomic E-state index is 0.0437. The van der Waals surface area contributed by atoms with Crippen molar-refractivity contribution in [2.45, 2.75) is 39.0 Å².